The average Bonchev–Trinajstić information content (AvgIpc) is 2.61. The molecule has 3 heteroatoms. The SMILES string of the molecule is O=C1C=CC(=O)C(c2cccs2)=C1. The van der Waals surface area contributed by atoms with Crippen molar-refractivity contribution in [1.29, 1.82) is 0 Å². The molecule has 0 bridgehead atoms. The van der Waals surface area contributed by atoms with Crippen LogP contribution >= 0.6 is 11.3 Å². The Morgan fingerprint density at radius 3 is 2.69 bits per heavy atom. The van der Waals surface area contributed by atoms with Crippen LogP contribution in [0.5, 0.6) is 0 Å². The third-order valence-electron chi connectivity index (χ3n) is 1.74. The predicted octanol–water partition coefficient (Wildman–Crippen LogP) is 1.84. The summed E-state index contributed by atoms with van der Waals surface area (Å²) in [7, 11) is 0. The van der Waals surface area contributed by atoms with Gasteiger partial charge in [0.25, 0.3) is 0 Å². The second-order valence-electron chi connectivity index (χ2n) is 2.64. The highest BCUT2D eigenvalue weighted by molar-refractivity contribution is 7.11. The number of hydrogen-bond acceptors (Lipinski definition) is 3. The Labute approximate surface area is 79.2 Å². The minimum absolute atomic E-state index is 0.0953. The molecule has 0 saturated heterocycles. The highest BCUT2D eigenvalue weighted by Crippen LogP contribution is 2.23. The molecule has 0 fully saturated rings. The number of carbonyl (C=O) groups is 2. The highest BCUT2D eigenvalue weighted by atomic mass is 32.1. The molecular formula is C10H6O2S. The van der Waals surface area contributed by atoms with Gasteiger partial charge in [-0.1, -0.05) is 6.07 Å². The molecule has 1 aliphatic rings. The Morgan fingerprint density at radius 1 is 1.15 bits per heavy atom. The Balaban J connectivity index is 2.44. The molecule has 1 heterocycles. The van der Waals surface area contributed by atoms with E-state index in [0.29, 0.717) is 5.57 Å². The summed E-state index contributed by atoms with van der Waals surface area (Å²) in [5, 5.41) is 1.88. The van der Waals surface area contributed by atoms with Crippen LogP contribution in [0.1, 0.15) is 4.88 Å². The first-order valence-corrected chi connectivity index (χ1v) is 4.67. The van der Waals surface area contributed by atoms with E-state index in [0.717, 1.165) is 4.88 Å². The van der Waals surface area contributed by atoms with Crippen molar-refractivity contribution in [3.05, 3.63) is 40.6 Å². The van der Waals surface area contributed by atoms with Crippen molar-refractivity contribution in [2.75, 3.05) is 0 Å². The molecule has 0 aliphatic heterocycles. The summed E-state index contributed by atoms with van der Waals surface area (Å²) in [5.74, 6) is -0.218. The minimum Gasteiger partial charge on any atom is -0.290 e. The van der Waals surface area contributed by atoms with E-state index >= 15 is 0 Å². The van der Waals surface area contributed by atoms with E-state index in [1.165, 1.54) is 29.6 Å². The van der Waals surface area contributed by atoms with E-state index in [2.05, 4.69) is 0 Å². The van der Waals surface area contributed by atoms with Gasteiger partial charge in [0.1, 0.15) is 0 Å². The first kappa shape index (κ1) is 8.13. The van der Waals surface area contributed by atoms with Crippen molar-refractivity contribution in [1.82, 2.24) is 0 Å². The topological polar surface area (TPSA) is 34.1 Å². The largest absolute Gasteiger partial charge is 0.290 e. The lowest BCUT2D eigenvalue weighted by atomic mass is 10.0. The molecule has 1 aromatic heterocycles. The molecule has 1 aliphatic carbocycles. The van der Waals surface area contributed by atoms with E-state index in [1.807, 2.05) is 17.5 Å². The normalized spacial score (nSPS) is 16.2. The van der Waals surface area contributed by atoms with Crippen molar-refractivity contribution in [3.63, 3.8) is 0 Å². The van der Waals surface area contributed by atoms with E-state index in [1.54, 1.807) is 0 Å². The fraction of sp³-hybridized carbons (Fsp3) is 0. The van der Waals surface area contributed by atoms with Gasteiger partial charge in [-0.05, 0) is 29.7 Å². The van der Waals surface area contributed by atoms with Crippen LogP contribution in [0.3, 0.4) is 0 Å². The third-order valence-corrected chi connectivity index (χ3v) is 2.64. The van der Waals surface area contributed by atoms with Crippen LogP contribution in [0, 0.1) is 0 Å². The molecule has 0 N–H and O–H groups in total. The molecule has 0 amide bonds. The Morgan fingerprint density at radius 2 is 2.00 bits per heavy atom. The lowest BCUT2D eigenvalue weighted by Gasteiger charge is -2.02. The van der Waals surface area contributed by atoms with Gasteiger partial charge < -0.3 is 0 Å². The minimum atomic E-state index is -0.122. The van der Waals surface area contributed by atoms with Crippen molar-refractivity contribution >= 4 is 28.5 Å². The molecule has 0 saturated carbocycles. The molecule has 1 aromatic rings. The molecular weight excluding hydrogens is 184 g/mol. The first-order valence-electron chi connectivity index (χ1n) is 3.79. The maximum Gasteiger partial charge on any atom is 0.187 e. The summed E-state index contributed by atoms with van der Waals surface area (Å²) in [6.45, 7) is 0. The van der Waals surface area contributed by atoms with Crippen molar-refractivity contribution in [2.24, 2.45) is 0 Å². The predicted molar refractivity (Wildman–Crippen MR) is 51.5 cm³/mol. The fourth-order valence-electron chi connectivity index (χ4n) is 1.13. The Kier molecular flexibility index (Phi) is 1.94. The van der Waals surface area contributed by atoms with Crippen LogP contribution in [0.15, 0.2) is 35.7 Å². The Hall–Kier alpha value is -1.48. The van der Waals surface area contributed by atoms with Gasteiger partial charge in [-0.3, -0.25) is 9.59 Å². The van der Waals surface area contributed by atoms with Crippen LogP contribution in [0.4, 0.5) is 0 Å². The summed E-state index contributed by atoms with van der Waals surface area (Å²) >= 11 is 1.46. The zero-order valence-corrected chi connectivity index (χ0v) is 7.51. The van der Waals surface area contributed by atoms with Crippen LogP contribution < -0.4 is 0 Å². The lowest BCUT2D eigenvalue weighted by Crippen LogP contribution is -2.05. The number of rotatable bonds is 1. The lowest BCUT2D eigenvalue weighted by molar-refractivity contribution is -0.113. The second kappa shape index (κ2) is 3.11. The zero-order valence-electron chi connectivity index (χ0n) is 6.69. The molecule has 2 rings (SSSR count). The summed E-state index contributed by atoms with van der Waals surface area (Å²) in [6, 6.07) is 3.69. The van der Waals surface area contributed by atoms with E-state index in [9.17, 15) is 9.59 Å². The van der Waals surface area contributed by atoms with Gasteiger partial charge in [-0.15, -0.1) is 11.3 Å². The van der Waals surface area contributed by atoms with Crippen LogP contribution in [-0.2, 0) is 9.59 Å². The zero-order chi connectivity index (χ0) is 9.26. The van der Waals surface area contributed by atoms with Gasteiger partial charge in [-0.25, -0.2) is 0 Å². The van der Waals surface area contributed by atoms with E-state index < -0.39 is 0 Å². The molecule has 0 aromatic carbocycles. The van der Waals surface area contributed by atoms with Gasteiger partial charge in [0, 0.05) is 10.5 Å². The highest BCUT2D eigenvalue weighted by Gasteiger charge is 2.15. The molecule has 64 valence electrons. The number of hydrogen-bond donors (Lipinski definition) is 0. The Bertz CT molecular complexity index is 410. The standard InChI is InChI=1S/C10H6O2S/c11-7-3-4-9(12)8(6-7)10-2-1-5-13-10/h1-6H. The maximum absolute atomic E-state index is 11.3. The quantitative estimate of drug-likeness (QED) is 0.633. The van der Waals surface area contributed by atoms with Gasteiger partial charge in [0.15, 0.2) is 11.6 Å². The van der Waals surface area contributed by atoms with Crippen LogP contribution in [0.25, 0.3) is 5.57 Å². The number of ketones is 2. The monoisotopic (exact) mass is 190 g/mol. The molecule has 0 radical (unpaired) electrons. The van der Waals surface area contributed by atoms with E-state index in [-0.39, 0.29) is 11.6 Å². The maximum atomic E-state index is 11.3. The molecule has 0 atom stereocenters. The van der Waals surface area contributed by atoms with Crippen molar-refractivity contribution < 1.29 is 9.59 Å². The summed E-state index contributed by atoms with van der Waals surface area (Å²) in [6.07, 6.45) is 3.99. The van der Waals surface area contributed by atoms with Crippen LogP contribution in [0.2, 0.25) is 0 Å². The summed E-state index contributed by atoms with van der Waals surface area (Å²) in [5.41, 5.74) is 0.502. The fourth-order valence-corrected chi connectivity index (χ4v) is 1.88. The average molecular weight is 190 g/mol. The molecule has 2 nitrogen and oxygen atoms in total. The van der Waals surface area contributed by atoms with E-state index in [4.69, 9.17) is 0 Å². The number of allylic oxidation sites excluding steroid dienone is 4. The molecule has 13 heavy (non-hydrogen) atoms. The molecule has 0 spiro atoms. The van der Waals surface area contributed by atoms with Gasteiger partial charge in [-0.2, -0.15) is 0 Å². The molecule has 0 unspecified atom stereocenters. The smallest absolute Gasteiger partial charge is 0.187 e. The second-order valence-corrected chi connectivity index (χ2v) is 3.58. The third kappa shape index (κ3) is 1.51. The van der Waals surface area contributed by atoms with Gasteiger partial charge >= 0.3 is 0 Å². The van der Waals surface area contributed by atoms with Gasteiger partial charge in [0.2, 0.25) is 0 Å². The first-order chi connectivity index (χ1) is 6.27. The number of carbonyl (C=O) groups excluding carboxylic acids is 2. The summed E-state index contributed by atoms with van der Waals surface area (Å²) in [4.78, 5) is 23.2. The van der Waals surface area contributed by atoms with Gasteiger partial charge in [0.05, 0.1) is 0 Å². The van der Waals surface area contributed by atoms with Crippen molar-refractivity contribution in [3.8, 4) is 0 Å². The van der Waals surface area contributed by atoms with Crippen LogP contribution in [-0.4, -0.2) is 11.6 Å². The summed E-state index contributed by atoms with van der Waals surface area (Å²) < 4.78 is 0. The van der Waals surface area contributed by atoms with Crippen molar-refractivity contribution in [2.45, 2.75) is 0 Å². The number of thiophene rings is 1.